The Hall–Kier alpha value is -0.890. The first-order chi connectivity index (χ1) is 15.8. The highest BCUT2D eigenvalue weighted by molar-refractivity contribution is 8.01. The van der Waals surface area contributed by atoms with Crippen molar-refractivity contribution in [1.29, 1.82) is 0 Å². The van der Waals surface area contributed by atoms with E-state index in [1.165, 1.54) is 0 Å². The second-order valence-corrected chi connectivity index (χ2v) is 15.0. The van der Waals surface area contributed by atoms with Crippen molar-refractivity contribution in [3.05, 3.63) is 0 Å². The molecule has 0 aromatic carbocycles. The zero-order valence-electron chi connectivity index (χ0n) is 21.3. The number of carboxylic acids is 2. The number of ketones is 1. The lowest BCUT2D eigenvalue weighted by Gasteiger charge is -2.32. The number of Topliss-reactive ketones (excluding diaryl/α,β-unsaturated/α-hetero) is 1. The SMILES string of the molecule is CC(C)(CCCC1CCC(=O)C(CCC2CCCC(CCCC(C)(C)C(=O)O)S2=O)S1)C(=O)O. The molecule has 2 N–H and O–H groups in total. The lowest BCUT2D eigenvalue weighted by Crippen LogP contribution is -2.34. The van der Waals surface area contributed by atoms with Gasteiger partial charge in [-0.1, -0.05) is 19.3 Å². The summed E-state index contributed by atoms with van der Waals surface area (Å²) in [7, 11) is -0.922. The van der Waals surface area contributed by atoms with Gasteiger partial charge < -0.3 is 10.2 Å². The third-order valence-corrected chi connectivity index (χ3v) is 11.6. The van der Waals surface area contributed by atoms with Crippen LogP contribution in [0.3, 0.4) is 0 Å². The quantitative estimate of drug-likeness (QED) is 0.317. The lowest BCUT2D eigenvalue weighted by molar-refractivity contribution is -0.148. The minimum Gasteiger partial charge on any atom is -0.481 e. The molecule has 2 heterocycles. The number of carbonyl (C=O) groups is 3. The molecule has 196 valence electrons. The van der Waals surface area contributed by atoms with Crippen molar-refractivity contribution in [3.8, 4) is 0 Å². The highest BCUT2D eigenvalue weighted by atomic mass is 32.2. The summed E-state index contributed by atoms with van der Waals surface area (Å²) >= 11 is 1.76. The third-order valence-electron chi connectivity index (χ3n) is 7.70. The highest BCUT2D eigenvalue weighted by Gasteiger charge is 2.35. The molecule has 6 nitrogen and oxygen atoms in total. The summed E-state index contributed by atoms with van der Waals surface area (Å²) in [6, 6.07) is 0. The second kappa shape index (κ2) is 12.9. The fourth-order valence-corrected chi connectivity index (χ4v) is 8.65. The molecule has 2 saturated heterocycles. The predicted molar refractivity (Wildman–Crippen MR) is 139 cm³/mol. The maximum absolute atomic E-state index is 13.2. The van der Waals surface area contributed by atoms with Crippen molar-refractivity contribution in [2.24, 2.45) is 10.8 Å². The Bertz CT molecular complexity index is 746. The van der Waals surface area contributed by atoms with Gasteiger partial charge in [0.15, 0.2) is 0 Å². The molecular formula is C26H44O6S2. The van der Waals surface area contributed by atoms with Crippen LogP contribution in [-0.2, 0) is 25.2 Å². The smallest absolute Gasteiger partial charge is 0.309 e. The molecule has 0 spiro atoms. The van der Waals surface area contributed by atoms with Crippen LogP contribution in [0.5, 0.6) is 0 Å². The van der Waals surface area contributed by atoms with Crippen LogP contribution < -0.4 is 0 Å². The van der Waals surface area contributed by atoms with Gasteiger partial charge >= 0.3 is 11.9 Å². The van der Waals surface area contributed by atoms with Crippen LogP contribution in [0.1, 0.15) is 111 Å². The monoisotopic (exact) mass is 516 g/mol. The number of carbonyl (C=O) groups excluding carboxylic acids is 1. The summed E-state index contributed by atoms with van der Waals surface area (Å²) in [6.07, 6.45) is 10.6. The number of rotatable bonds is 13. The Kier molecular flexibility index (Phi) is 11.1. The van der Waals surface area contributed by atoms with Crippen molar-refractivity contribution >= 4 is 40.3 Å². The van der Waals surface area contributed by atoms with Gasteiger partial charge in [-0.2, -0.15) is 0 Å². The molecule has 0 amide bonds. The fraction of sp³-hybridized carbons (Fsp3) is 0.885. The lowest BCUT2D eigenvalue weighted by atomic mass is 9.87. The van der Waals surface area contributed by atoms with Crippen molar-refractivity contribution in [2.75, 3.05) is 0 Å². The van der Waals surface area contributed by atoms with Gasteiger partial charge in [0, 0.05) is 33.0 Å². The van der Waals surface area contributed by atoms with Gasteiger partial charge in [-0.25, -0.2) is 0 Å². The van der Waals surface area contributed by atoms with Crippen molar-refractivity contribution < 1.29 is 28.8 Å². The summed E-state index contributed by atoms with van der Waals surface area (Å²) < 4.78 is 13.2. The molecule has 0 saturated carbocycles. The zero-order valence-corrected chi connectivity index (χ0v) is 23.0. The van der Waals surface area contributed by atoms with E-state index in [0.29, 0.717) is 30.3 Å². The maximum atomic E-state index is 13.2. The summed E-state index contributed by atoms with van der Waals surface area (Å²) in [6.45, 7) is 7.02. The number of thioether (sulfide) groups is 1. The van der Waals surface area contributed by atoms with Crippen molar-refractivity contribution in [2.45, 2.75) is 132 Å². The molecule has 0 bridgehead atoms. The van der Waals surface area contributed by atoms with E-state index in [1.54, 1.807) is 39.5 Å². The van der Waals surface area contributed by atoms with E-state index in [0.717, 1.165) is 64.2 Å². The minimum absolute atomic E-state index is 0.0278. The molecule has 2 rings (SSSR count). The zero-order chi connectivity index (χ0) is 25.5. The predicted octanol–water partition coefficient (Wildman–Crippen LogP) is 5.83. The normalized spacial score (nSPS) is 28.6. The summed E-state index contributed by atoms with van der Waals surface area (Å²) in [4.78, 5) is 35.2. The molecular weight excluding hydrogens is 472 g/mol. The van der Waals surface area contributed by atoms with Gasteiger partial charge in [0.25, 0.3) is 0 Å². The molecule has 2 aliphatic heterocycles. The van der Waals surface area contributed by atoms with Gasteiger partial charge in [0.05, 0.1) is 16.1 Å². The molecule has 0 aromatic heterocycles. The summed E-state index contributed by atoms with van der Waals surface area (Å²) in [5.74, 6) is -1.24. The molecule has 34 heavy (non-hydrogen) atoms. The fourth-order valence-electron chi connectivity index (χ4n) is 4.98. The largest absolute Gasteiger partial charge is 0.481 e. The number of hydrogen-bond donors (Lipinski definition) is 2. The van der Waals surface area contributed by atoms with Crippen LogP contribution in [-0.4, -0.2) is 53.1 Å². The Morgan fingerprint density at radius 1 is 0.882 bits per heavy atom. The number of aliphatic carboxylic acids is 2. The van der Waals surface area contributed by atoms with Crippen molar-refractivity contribution in [3.63, 3.8) is 0 Å². The number of carboxylic acid groups (broad SMARTS) is 2. The van der Waals surface area contributed by atoms with Gasteiger partial charge in [0.2, 0.25) is 0 Å². The molecule has 8 heteroatoms. The van der Waals surface area contributed by atoms with Gasteiger partial charge in [0.1, 0.15) is 5.78 Å². The van der Waals surface area contributed by atoms with E-state index in [2.05, 4.69) is 0 Å². The molecule has 5 atom stereocenters. The molecule has 2 fully saturated rings. The Morgan fingerprint density at radius 2 is 1.41 bits per heavy atom. The van der Waals surface area contributed by atoms with Crippen LogP contribution in [0.2, 0.25) is 0 Å². The first-order valence-electron chi connectivity index (χ1n) is 12.9. The molecule has 2 aliphatic rings. The molecule has 0 aromatic rings. The first-order valence-corrected chi connectivity index (χ1v) is 15.1. The summed E-state index contributed by atoms with van der Waals surface area (Å²) in [5, 5.41) is 19.2. The van der Waals surface area contributed by atoms with Crippen LogP contribution >= 0.6 is 11.8 Å². The van der Waals surface area contributed by atoms with E-state index in [9.17, 15) is 28.8 Å². The van der Waals surface area contributed by atoms with Gasteiger partial charge in [-0.05, 0) is 85.5 Å². The van der Waals surface area contributed by atoms with Crippen LogP contribution in [0.25, 0.3) is 0 Å². The van der Waals surface area contributed by atoms with Crippen molar-refractivity contribution in [1.82, 2.24) is 0 Å². The van der Waals surface area contributed by atoms with E-state index in [-0.39, 0.29) is 15.7 Å². The first kappa shape index (κ1) is 29.3. The Balaban J connectivity index is 1.79. The van der Waals surface area contributed by atoms with Gasteiger partial charge in [-0.3, -0.25) is 18.6 Å². The average Bonchev–Trinajstić information content (AvgIpc) is 2.75. The van der Waals surface area contributed by atoms with E-state index < -0.39 is 33.6 Å². The van der Waals surface area contributed by atoms with Crippen LogP contribution in [0.4, 0.5) is 0 Å². The second-order valence-electron chi connectivity index (χ2n) is 11.5. The third kappa shape index (κ3) is 8.65. The minimum atomic E-state index is -0.922. The highest BCUT2D eigenvalue weighted by Crippen LogP contribution is 2.38. The van der Waals surface area contributed by atoms with E-state index in [4.69, 9.17) is 0 Å². The average molecular weight is 517 g/mol. The molecule has 0 aliphatic carbocycles. The number of hydrogen-bond acceptors (Lipinski definition) is 5. The van der Waals surface area contributed by atoms with Gasteiger partial charge in [-0.15, -0.1) is 11.8 Å². The van der Waals surface area contributed by atoms with E-state index in [1.807, 2.05) is 0 Å². The molecule has 5 unspecified atom stereocenters. The summed E-state index contributed by atoms with van der Waals surface area (Å²) in [5.41, 5.74) is -1.45. The Labute approximate surface area is 211 Å². The standard InChI is InChI=1S/C26H44O6S2/c1-25(2,23(28)29)16-6-8-18-12-14-21(27)22(33-18)15-13-20-10-5-9-19(34(20)32)11-7-17-26(3,4)24(30)31/h18-20,22H,5-17H2,1-4H3,(H,28,29)(H,30,31). The Morgan fingerprint density at radius 3 is 1.97 bits per heavy atom. The van der Waals surface area contributed by atoms with E-state index >= 15 is 0 Å². The van der Waals surface area contributed by atoms with Crippen LogP contribution in [0.15, 0.2) is 0 Å². The molecule has 0 radical (unpaired) electrons. The van der Waals surface area contributed by atoms with Crippen LogP contribution in [0, 0.1) is 10.8 Å². The maximum Gasteiger partial charge on any atom is 0.309 e. The topological polar surface area (TPSA) is 109 Å².